The molecule has 4 heteroatoms. The van der Waals surface area contributed by atoms with E-state index < -0.39 is 0 Å². The molecule has 2 aromatic rings. The van der Waals surface area contributed by atoms with Crippen LogP contribution in [0.3, 0.4) is 0 Å². The summed E-state index contributed by atoms with van der Waals surface area (Å²) in [5, 5.41) is 0. The van der Waals surface area contributed by atoms with Crippen LogP contribution in [0.25, 0.3) is 0 Å². The molecule has 0 radical (unpaired) electrons. The van der Waals surface area contributed by atoms with Gasteiger partial charge >= 0.3 is 11.9 Å². The predicted octanol–water partition coefficient (Wildman–Crippen LogP) is 4.46. The minimum atomic E-state index is -0.258. The van der Waals surface area contributed by atoms with E-state index in [-0.39, 0.29) is 36.6 Å². The lowest BCUT2D eigenvalue weighted by molar-refractivity contribution is -0.146. The summed E-state index contributed by atoms with van der Waals surface area (Å²) in [7, 11) is 0. The van der Waals surface area contributed by atoms with Crippen LogP contribution in [0.1, 0.15) is 49.7 Å². The third-order valence-corrected chi connectivity index (χ3v) is 4.32. The van der Waals surface area contributed by atoms with E-state index in [4.69, 9.17) is 9.47 Å². The maximum Gasteiger partial charge on any atom is 0.306 e. The predicted molar refractivity (Wildman–Crippen MR) is 101 cm³/mol. The molecule has 2 aromatic carbocycles. The molecule has 0 aliphatic rings. The first-order chi connectivity index (χ1) is 12.7. The second kappa shape index (κ2) is 10.4. The fourth-order valence-electron chi connectivity index (χ4n) is 3.18. The fourth-order valence-corrected chi connectivity index (χ4v) is 3.18. The lowest BCUT2D eigenvalue weighted by Crippen LogP contribution is -2.21. The summed E-state index contributed by atoms with van der Waals surface area (Å²) in [6.07, 6.45) is 0.438. The van der Waals surface area contributed by atoms with Gasteiger partial charge in [-0.1, -0.05) is 60.7 Å². The Bertz CT molecular complexity index is 620. The molecule has 0 fully saturated rings. The summed E-state index contributed by atoms with van der Waals surface area (Å²) in [5.41, 5.74) is 2.03. The van der Waals surface area contributed by atoms with Gasteiger partial charge in [0, 0.05) is 11.8 Å². The minimum absolute atomic E-state index is 0.165. The average Bonchev–Trinajstić information content (AvgIpc) is 2.66. The van der Waals surface area contributed by atoms with E-state index >= 15 is 0 Å². The number of hydrogen-bond donors (Lipinski definition) is 0. The normalized spacial score (nSPS) is 12.8. The van der Waals surface area contributed by atoms with Crippen molar-refractivity contribution in [3.8, 4) is 0 Å². The van der Waals surface area contributed by atoms with Crippen LogP contribution in [0.15, 0.2) is 60.7 Å². The second-order valence-corrected chi connectivity index (χ2v) is 6.05. The molecule has 0 saturated carbocycles. The third-order valence-electron chi connectivity index (χ3n) is 4.32. The van der Waals surface area contributed by atoms with Gasteiger partial charge in [-0.05, 0) is 25.0 Å². The molecule has 2 rings (SSSR count). The van der Waals surface area contributed by atoms with Crippen molar-refractivity contribution < 1.29 is 19.1 Å². The Morgan fingerprint density at radius 3 is 1.35 bits per heavy atom. The monoisotopic (exact) mass is 354 g/mol. The van der Waals surface area contributed by atoms with Crippen molar-refractivity contribution in [2.45, 2.75) is 38.5 Å². The van der Waals surface area contributed by atoms with Crippen molar-refractivity contribution in [3.63, 3.8) is 0 Å². The standard InChI is InChI=1S/C22H26O4/c1-3-25-21(23)15-19(17-11-7-5-8-12-17)20(16-22(24)26-4-2)18-13-9-6-10-14-18/h5-14,19-20H,3-4,15-16H2,1-2H3. The van der Waals surface area contributed by atoms with Crippen LogP contribution in [0, 0.1) is 0 Å². The Morgan fingerprint density at radius 1 is 0.692 bits per heavy atom. The van der Waals surface area contributed by atoms with Gasteiger partial charge in [0.1, 0.15) is 0 Å². The Morgan fingerprint density at radius 2 is 1.04 bits per heavy atom. The lowest BCUT2D eigenvalue weighted by atomic mass is 9.77. The van der Waals surface area contributed by atoms with Gasteiger partial charge in [0.25, 0.3) is 0 Å². The molecule has 26 heavy (non-hydrogen) atoms. The molecule has 0 N–H and O–H groups in total. The van der Waals surface area contributed by atoms with Gasteiger partial charge in [-0.3, -0.25) is 9.59 Å². The van der Waals surface area contributed by atoms with Gasteiger partial charge in [0.2, 0.25) is 0 Å². The number of ether oxygens (including phenoxy) is 2. The number of esters is 2. The van der Waals surface area contributed by atoms with Crippen LogP contribution in [0.4, 0.5) is 0 Å². The highest BCUT2D eigenvalue weighted by Gasteiger charge is 2.30. The highest BCUT2D eigenvalue weighted by molar-refractivity contribution is 5.73. The zero-order valence-electron chi connectivity index (χ0n) is 15.4. The molecule has 2 atom stereocenters. The molecular weight excluding hydrogens is 328 g/mol. The maximum atomic E-state index is 12.2. The minimum Gasteiger partial charge on any atom is -0.466 e. The van der Waals surface area contributed by atoms with Gasteiger partial charge in [-0.15, -0.1) is 0 Å². The molecule has 0 saturated heterocycles. The van der Waals surface area contributed by atoms with Crippen LogP contribution in [-0.2, 0) is 19.1 Å². The summed E-state index contributed by atoms with van der Waals surface area (Å²) >= 11 is 0. The van der Waals surface area contributed by atoms with Crippen molar-refractivity contribution in [1.82, 2.24) is 0 Å². The number of rotatable bonds is 9. The zero-order chi connectivity index (χ0) is 18.8. The molecule has 0 aliphatic carbocycles. The molecular formula is C22H26O4. The topological polar surface area (TPSA) is 52.6 Å². The summed E-state index contributed by atoms with van der Waals surface area (Å²) in [6, 6.07) is 19.6. The van der Waals surface area contributed by atoms with Crippen LogP contribution < -0.4 is 0 Å². The molecule has 0 aromatic heterocycles. The van der Waals surface area contributed by atoms with Gasteiger partial charge in [-0.2, -0.15) is 0 Å². The van der Waals surface area contributed by atoms with Crippen molar-refractivity contribution in [2.75, 3.05) is 13.2 Å². The smallest absolute Gasteiger partial charge is 0.306 e. The summed E-state index contributed by atoms with van der Waals surface area (Å²) in [5.74, 6) is -0.846. The van der Waals surface area contributed by atoms with E-state index in [9.17, 15) is 9.59 Å². The fraction of sp³-hybridized carbons (Fsp3) is 0.364. The van der Waals surface area contributed by atoms with E-state index in [1.165, 1.54) is 0 Å². The number of carbonyl (C=O) groups excluding carboxylic acids is 2. The van der Waals surface area contributed by atoms with E-state index in [0.29, 0.717) is 13.2 Å². The third kappa shape index (κ3) is 5.73. The molecule has 0 aliphatic heterocycles. The van der Waals surface area contributed by atoms with Crippen LogP contribution in [-0.4, -0.2) is 25.2 Å². The molecule has 138 valence electrons. The molecule has 0 spiro atoms. The largest absolute Gasteiger partial charge is 0.466 e. The maximum absolute atomic E-state index is 12.2. The first-order valence-corrected chi connectivity index (χ1v) is 9.06. The number of hydrogen-bond acceptors (Lipinski definition) is 4. The molecule has 4 nitrogen and oxygen atoms in total. The Hall–Kier alpha value is -2.62. The van der Waals surface area contributed by atoms with E-state index in [1.54, 1.807) is 13.8 Å². The average molecular weight is 354 g/mol. The van der Waals surface area contributed by atoms with Crippen LogP contribution in [0.5, 0.6) is 0 Å². The van der Waals surface area contributed by atoms with Gasteiger partial charge in [-0.25, -0.2) is 0 Å². The van der Waals surface area contributed by atoms with Crippen LogP contribution in [0.2, 0.25) is 0 Å². The molecule has 2 unspecified atom stereocenters. The second-order valence-electron chi connectivity index (χ2n) is 6.05. The first kappa shape index (κ1) is 19.7. The van der Waals surface area contributed by atoms with Gasteiger partial charge < -0.3 is 9.47 Å². The Balaban J connectivity index is 2.39. The molecule has 0 heterocycles. The summed E-state index contributed by atoms with van der Waals surface area (Å²) < 4.78 is 10.4. The van der Waals surface area contributed by atoms with Crippen molar-refractivity contribution in [1.29, 1.82) is 0 Å². The quantitative estimate of drug-likeness (QED) is 0.624. The summed E-state index contributed by atoms with van der Waals surface area (Å²) in [4.78, 5) is 24.5. The van der Waals surface area contributed by atoms with Crippen molar-refractivity contribution >= 4 is 11.9 Å². The summed E-state index contributed by atoms with van der Waals surface area (Å²) in [6.45, 7) is 4.27. The van der Waals surface area contributed by atoms with Crippen LogP contribution >= 0.6 is 0 Å². The Kier molecular flexibility index (Phi) is 7.87. The van der Waals surface area contributed by atoms with E-state index in [0.717, 1.165) is 11.1 Å². The number of benzene rings is 2. The molecule has 0 amide bonds. The van der Waals surface area contributed by atoms with Crippen molar-refractivity contribution in [3.05, 3.63) is 71.8 Å². The zero-order valence-corrected chi connectivity index (χ0v) is 15.4. The highest BCUT2D eigenvalue weighted by atomic mass is 16.5. The van der Waals surface area contributed by atoms with Crippen molar-refractivity contribution in [2.24, 2.45) is 0 Å². The SMILES string of the molecule is CCOC(=O)CC(c1ccccc1)C(CC(=O)OCC)c1ccccc1. The number of carbonyl (C=O) groups is 2. The first-order valence-electron chi connectivity index (χ1n) is 9.06. The lowest BCUT2D eigenvalue weighted by Gasteiger charge is -2.27. The molecule has 0 bridgehead atoms. The van der Waals surface area contributed by atoms with E-state index in [2.05, 4.69) is 0 Å². The van der Waals surface area contributed by atoms with E-state index in [1.807, 2.05) is 60.7 Å². The van der Waals surface area contributed by atoms with Gasteiger partial charge in [0.05, 0.1) is 26.1 Å². The highest BCUT2D eigenvalue weighted by Crippen LogP contribution is 2.38. The van der Waals surface area contributed by atoms with Gasteiger partial charge in [0.15, 0.2) is 0 Å². The Labute approximate surface area is 155 Å².